The van der Waals surface area contributed by atoms with E-state index < -0.39 is 24.2 Å². The maximum Gasteiger partial charge on any atom is 0.522 e. The van der Waals surface area contributed by atoms with E-state index in [1.807, 2.05) is 0 Å². The van der Waals surface area contributed by atoms with Crippen molar-refractivity contribution < 1.29 is 27.4 Å². The van der Waals surface area contributed by atoms with Crippen LogP contribution in [0.2, 0.25) is 0 Å². The Morgan fingerprint density at radius 3 is 2.33 bits per heavy atom. The maximum absolute atomic E-state index is 12.0. The molecule has 0 unspecified atom stereocenters. The van der Waals surface area contributed by atoms with Crippen LogP contribution in [-0.4, -0.2) is 30.2 Å². The van der Waals surface area contributed by atoms with E-state index >= 15 is 0 Å². The molecular weight excluding hydrogens is 251 g/mol. The van der Waals surface area contributed by atoms with Crippen LogP contribution in [0.25, 0.3) is 0 Å². The van der Waals surface area contributed by atoms with Crippen molar-refractivity contribution in [2.24, 2.45) is 0 Å². The molecule has 106 valence electrons. The second-order valence-corrected chi connectivity index (χ2v) is 5.34. The van der Waals surface area contributed by atoms with Gasteiger partial charge in [0.05, 0.1) is 6.10 Å². The maximum atomic E-state index is 12.0. The Hall–Kier alpha value is -0.980. The number of alkyl carbamates (subject to hydrolysis) is 1. The topological polar surface area (TPSA) is 47.6 Å². The first-order valence-corrected chi connectivity index (χ1v) is 5.79. The van der Waals surface area contributed by atoms with Crippen molar-refractivity contribution in [3.63, 3.8) is 0 Å². The first-order valence-electron chi connectivity index (χ1n) is 5.79. The van der Waals surface area contributed by atoms with Gasteiger partial charge >= 0.3 is 12.5 Å². The molecule has 0 radical (unpaired) electrons. The molecule has 0 aromatic heterocycles. The van der Waals surface area contributed by atoms with E-state index in [1.165, 1.54) is 0 Å². The highest BCUT2D eigenvalue weighted by atomic mass is 19.4. The van der Waals surface area contributed by atoms with E-state index in [0.717, 1.165) is 0 Å². The molecule has 2 atom stereocenters. The number of nitrogens with one attached hydrogen (secondary N) is 1. The lowest BCUT2D eigenvalue weighted by Gasteiger charge is -2.21. The van der Waals surface area contributed by atoms with Crippen molar-refractivity contribution in [3.05, 3.63) is 0 Å². The Morgan fingerprint density at radius 1 is 1.22 bits per heavy atom. The van der Waals surface area contributed by atoms with Gasteiger partial charge in [-0.15, -0.1) is 13.2 Å². The minimum atomic E-state index is -4.62. The predicted octanol–water partition coefficient (Wildman–Crippen LogP) is 2.97. The Labute approximate surface area is 104 Å². The van der Waals surface area contributed by atoms with E-state index in [9.17, 15) is 18.0 Å². The van der Waals surface area contributed by atoms with Gasteiger partial charge in [0.15, 0.2) is 0 Å². The van der Waals surface area contributed by atoms with Crippen molar-refractivity contribution in [1.82, 2.24) is 5.32 Å². The summed E-state index contributed by atoms with van der Waals surface area (Å²) in [4.78, 5) is 11.4. The summed E-state index contributed by atoms with van der Waals surface area (Å²) < 4.78 is 44.9. The third-order valence-corrected chi connectivity index (χ3v) is 2.41. The van der Waals surface area contributed by atoms with Crippen LogP contribution in [0.5, 0.6) is 0 Å². The Morgan fingerprint density at radius 2 is 1.83 bits per heavy atom. The van der Waals surface area contributed by atoms with Crippen LogP contribution in [0.15, 0.2) is 0 Å². The van der Waals surface area contributed by atoms with E-state index in [0.29, 0.717) is 6.42 Å². The van der Waals surface area contributed by atoms with Gasteiger partial charge < -0.3 is 10.1 Å². The highest BCUT2D eigenvalue weighted by Gasteiger charge is 2.37. The zero-order valence-electron chi connectivity index (χ0n) is 10.6. The first-order chi connectivity index (χ1) is 8.05. The van der Waals surface area contributed by atoms with Gasteiger partial charge in [0.2, 0.25) is 0 Å². The fourth-order valence-corrected chi connectivity index (χ4v) is 1.84. The molecule has 1 rings (SSSR count). The van der Waals surface area contributed by atoms with Crippen LogP contribution in [0.4, 0.5) is 18.0 Å². The van der Waals surface area contributed by atoms with Crippen LogP contribution in [-0.2, 0) is 9.47 Å². The molecule has 1 aliphatic carbocycles. The fourth-order valence-electron chi connectivity index (χ4n) is 1.84. The number of hydrogen-bond acceptors (Lipinski definition) is 3. The third kappa shape index (κ3) is 6.09. The summed E-state index contributed by atoms with van der Waals surface area (Å²) in [5, 5.41) is 2.54. The van der Waals surface area contributed by atoms with E-state index in [4.69, 9.17) is 4.74 Å². The second-order valence-electron chi connectivity index (χ2n) is 5.34. The van der Waals surface area contributed by atoms with Crippen LogP contribution < -0.4 is 5.32 Å². The molecule has 0 bridgehead atoms. The number of carbonyl (C=O) groups excluding carboxylic acids is 1. The highest BCUT2D eigenvalue weighted by Crippen LogP contribution is 2.29. The summed E-state index contributed by atoms with van der Waals surface area (Å²) in [6.07, 6.45) is -5.23. The van der Waals surface area contributed by atoms with Gasteiger partial charge in [-0.05, 0) is 40.0 Å². The van der Waals surface area contributed by atoms with Crippen molar-refractivity contribution in [1.29, 1.82) is 0 Å². The highest BCUT2D eigenvalue weighted by molar-refractivity contribution is 5.68. The number of amides is 1. The molecule has 18 heavy (non-hydrogen) atoms. The summed E-state index contributed by atoms with van der Waals surface area (Å²) >= 11 is 0. The number of carbonyl (C=O) groups is 1. The van der Waals surface area contributed by atoms with Gasteiger partial charge in [-0.1, -0.05) is 0 Å². The second kappa shape index (κ2) is 5.34. The van der Waals surface area contributed by atoms with E-state index in [1.54, 1.807) is 20.8 Å². The third-order valence-electron chi connectivity index (χ3n) is 2.41. The van der Waals surface area contributed by atoms with Crippen LogP contribution in [0, 0.1) is 0 Å². The molecule has 7 heteroatoms. The molecule has 1 amide bonds. The van der Waals surface area contributed by atoms with Crippen molar-refractivity contribution >= 4 is 6.09 Å². The largest absolute Gasteiger partial charge is 0.522 e. The Kier molecular flexibility index (Phi) is 4.47. The number of rotatable bonds is 2. The summed E-state index contributed by atoms with van der Waals surface area (Å²) in [5.41, 5.74) is -0.620. The molecule has 4 nitrogen and oxygen atoms in total. The lowest BCUT2D eigenvalue weighted by atomic mass is 10.2. The lowest BCUT2D eigenvalue weighted by Crippen LogP contribution is -2.38. The average Bonchev–Trinajstić information content (AvgIpc) is 2.44. The molecule has 1 fully saturated rings. The zero-order chi connectivity index (χ0) is 14.0. The standard InChI is InChI=1S/C11H18F3NO3/c1-10(2,3)18-9(16)15-7-4-5-8(6-7)17-11(12,13)14/h7-8H,4-6H2,1-3H3,(H,15,16)/t7-,8+/m1/s1. The molecule has 0 aliphatic heterocycles. The lowest BCUT2D eigenvalue weighted by molar-refractivity contribution is -0.341. The number of hydrogen-bond donors (Lipinski definition) is 1. The predicted molar refractivity (Wildman–Crippen MR) is 57.9 cm³/mol. The van der Waals surface area contributed by atoms with Crippen molar-refractivity contribution in [2.75, 3.05) is 0 Å². The van der Waals surface area contributed by atoms with E-state index in [2.05, 4.69) is 10.1 Å². The molecule has 1 aliphatic rings. The zero-order valence-corrected chi connectivity index (χ0v) is 10.6. The smallest absolute Gasteiger partial charge is 0.444 e. The van der Waals surface area contributed by atoms with Gasteiger partial charge in [-0.2, -0.15) is 0 Å². The van der Waals surface area contributed by atoms with Crippen LogP contribution in [0.1, 0.15) is 40.0 Å². The minimum Gasteiger partial charge on any atom is -0.444 e. The van der Waals surface area contributed by atoms with Crippen molar-refractivity contribution in [3.8, 4) is 0 Å². The monoisotopic (exact) mass is 269 g/mol. The summed E-state index contributed by atoms with van der Waals surface area (Å²) in [5.74, 6) is 0. The Balaban J connectivity index is 2.32. The SMILES string of the molecule is CC(C)(C)OC(=O)N[C@@H]1CC[C@H](OC(F)(F)F)C1. The summed E-state index contributed by atoms with van der Waals surface area (Å²) in [7, 11) is 0. The first kappa shape index (κ1) is 15.1. The molecule has 0 aromatic rings. The summed E-state index contributed by atoms with van der Waals surface area (Å²) in [6.45, 7) is 5.16. The quantitative estimate of drug-likeness (QED) is 0.838. The van der Waals surface area contributed by atoms with Gasteiger partial charge in [0, 0.05) is 6.04 Å². The van der Waals surface area contributed by atoms with Crippen molar-refractivity contribution in [2.45, 2.75) is 64.1 Å². The molecule has 0 aromatic carbocycles. The molecule has 0 heterocycles. The molecule has 0 saturated heterocycles. The normalized spacial score (nSPS) is 25.0. The Bertz CT molecular complexity index is 299. The molecule has 1 saturated carbocycles. The molecule has 0 spiro atoms. The number of alkyl halides is 3. The van der Waals surface area contributed by atoms with Crippen LogP contribution >= 0.6 is 0 Å². The molecular formula is C11H18F3NO3. The van der Waals surface area contributed by atoms with Gasteiger partial charge in [-0.25, -0.2) is 4.79 Å². The van der Waals surface area contributed by atoms with Gasteiger partial charge in [-0.3, -0.25) is 4.74 Å². The number of halogens is 3. The number of ether oxygens (including phenoxy) is 2. The van der Waals surface area contributed by atoms with Gasteiger partial charge in [0.1, 0.15) is 5.60 Å². The average molecular weight is 269 g/mol. The molecule has 1 N–H and O–H groups in total. The minimum absolute atomic E-state index is 0.152. The van der Waals surface area contributed by atoms with Gasteiger partial charge in [0.25, 0.3) is 0 Å². The summed E-state index contributed by atoms with van der Waals surface area (Å²) in [6, 6.07) is -0.327. The van der Waals surface area contributed by atoms with Crippen LogP contribution in [0.3, 0.4) is 0 Å². The fraction of sp³-hybridized carbons (Fsp3) is 0.909. The van der Waals surface area contributed by atoms with E-state index in [-0.39, 0.29) is 18.9 Å².